The third kappa shape index (κ3) is 1.55. The number of nitriles is 1. The molecule has 0 unspecified atom stereocenters. The van der Waals surface area contributed by atoms with E-state index in [1.165, 1.54) is 0 Å². The molecule has 1 rings (SSSR count). The largest absolute Gasteiger partial charge is 0.426 e. The monoisotopic (exact) mass is 137 g/mol. The smallest absolute Gasteiger partial charge is 0.217 e. The van der Waals surface area contributed by atoms with E-state index in [0.29, 0.717) is 24.6 Å². The Labute approximate surface area is 58.5 Å². The van der Waals surface area contributed by atoms with Gasteiger partial charge in [-0.15, -0.1) is 10.2 Å². The Bertz CT molecular complexity index is 248. The summed E-state index contributed by atoms with van der Waals surface area (Å²) >= 11 is 0. The van der Waals surface area contributed by atoms with Gasteiger partial charge in [0.15, 0.2) is 0 Å². The average Bonchev–Trinajstić information content (AvgIpc) is 2.31. The molecular weight excluding hydrogens is 130 g/mol. The fraction of sp³-hybridized carbons (Fsp3) is 0.500. The quantitative estimate of drug-likeness (QED) is 0.605. The van der Waals surface area contributed by atoms with Crippen molar-refractivity contribution in [3.8, 4) is 6.07 Å². The molecule has 0 amide bonds. The summed E-state index contributed by atoms with van der Waals surface area (Å²) in [6.45, 7) is 1.73. The van der Waals surface area contributed by atoms with E-state index in [1.807, 2.05) is 6.07 Å². The zero-order chi connectivity index (χ0) is 7.40. The first-order chi connectivity index (χ1) is 4.83. The second-order valence-corrected chi connectivity index (χ2v) is 1.87. The van der Waals surface area contributed by atoms with Crippen LogP contribution in [0.1, 0.15) is 18.2 Å². The van der Waals surface area contributed by atoms with Gasteiger partial charge in [0.05, 0.1) is 6.07 Å². The van der Waals surface area contributed by atoms with Crippen LogP contribution in [-0.2, 0) is 6.42 Å². The molecule has 0 bridgehead atoms. The van der Waals surface area contributed by atoms with Gasteiger partial charge in [-0.1, -0.05) is 0 Å². The lowest BCUT2D eigenvalue weighted by molar-refractivity contribution is 0.468. The van der Waals surface area contributed by atoms with Crippen molar-refractivity contribution >= 4 is 0 Å². The molecule has 52 valence electrons. The first kappa shape index (κ1) is 6.75. The summed E-state index contributed by atoms with van der Waals surface area (Å²) in [5.41, 5.74) is 0. The Hall–Kier alpha value is -1.37. The van der Waals surface area contributed by atoms with Gasteiger partial charge in [0.1, 0.15) is 0 Å². The lowest BCUT2D eigenvalue weighted by Crippen LogP contribution is -1.82. The van der Waals surface area contributed by atoms with Crippen LogP contribution < -0.4 is 0 Å². The summed E-state index contributed by atoms with van der Waals surface area (Å²) in [4.78, 5) is 0. The third-order valence-electron chi connectivity index (χ3n) is 1.02. The van der Waals surface area contributed by atoms with Crippen LogP contribution >= 0.6 is 0 Å². The average molecular weight is 137 g/mol. The van der Waals surface area contributed by atoms with Crippen molar-refractivity contribution in [3.05, 3.63) is 11.8 Å². The Balaban J connectivity index is 2.52. The van der Waals surface area contributed by atoms with Crippen molar-refractivity contribution < 1.29 is 4.42 Å². The Kier molecular flexibility index (Phi) is 2.00. The van der Waals surface area contributed by atoms with Gasteiger partial charge in [0.2, 0.25) is 11.8 Å². The van der Waals surface area contributed by atoms with Gasteiger partial charge in [-0.05, 0) is 0 Å². The zero-order valence-electron chi connectivity index (χ0n) is 5.66. The number of aryl methyl sites for hydroxylation is 2. The minimum atomic E-state index is 0.432. The molecule has 1 aromatic rings. The summed E-state index contributed by atoms with van der Waals surface area (Å²) in [6, 6.07) is 2.00. The van der Waals surface area contributed by atoms with Gasteiger partial charge in [-0.3, -0.25) is 0 Å². The van der Waals surface area contributed by atoms with Crippen molar-refractivity contribution in [3.63, 3.8) is 0 Å². The van der Waals surface area contributed by atoms with Crippen molar-refractivity contribution in [2.24, 2.45) is 0 Å². The number of nitrogens with zero attached hydrogens (tertiary/aromatic N) is 3. The van der Waals surface area contributed by atoms with E-state index in [-0.39, 0.29) is 0 Å². The van der Waals surface area contributed by atoms with Crippen LogP contribution in [0.15, 0.2) is 4.42 Å². The van der Waals surface area contributed by atoms with Crippen LogP contribution in [0.3, 0.4) is 0 Å². The van der Waals surface area contributed by atoms with E-state index in [2.05, 4.69) is 10.2 Å². The zero-order valence-corrected chi connectivity index (χ0v) is 5.66. The number of hydrogen-bond donors (Lipinski definition) is 0. The van der Waals surface area contributed by atoms with Crippen molar-refractivity contribution in [2.45, 2.75) is 19.8 Å². The predicted molar refractivity (Wildman–Crippen MR) is 33.0 cm³/mol. The molecule has 0 aliphatic carbocycles. The maximum absolute atomic E-state index is 8.19. The maximum atomic E-state index is 8.19. The highest BCUT2D eigenvalue weighted by Crippen LogP contribution is 1.99. The van der Waals surface area contributed by atoms with Crippen LogP contribution in [0, 0.1) is 18.3 Å². The fourth-order valence-electron chi connectivity index (χ4n) is 0.601. The molecule has 0 aliphatic heterocycles. The fourth-order valence-corrected chi connectivity index (χ4v) is 0.601. The highest BCUT2D eigenvalue weighted by atomic mass is 16.4. The molecule has 0 radical (unpaired) electrons. The topological polar surface area (TPSA) is 62.7 Å². The van der Waals surface area contributed by atoms with E-state index >= 15 is 0 Å². The molecule has 0 saturated carbocycles. The van der Waals surface area contributed by atoms with E-state index in [9.17, 15) is 0 Å². The Morgan fingerprint density at radius 1 is 1.60 bits per heavy atom. The normalized spacial score (nSPS) is 9.20. The number of aromatic nitrogens is 2. The summed E-state index contributed by atoms with van der Waals surface area (Å²) in [6.07, 6.45) is 0.985. The predicted octanol–water partition coefficient (Wildman–Crippen LogP) is 0.834. The summed E-state index contributed by atoms with van der Waals surface area (Å²) in [5.74, 6) is 1.09. The lowest BCUT2D eigenvalue weighted by Gasteiger charge is -1.82. The first-order valence-electron chi connectivity index (χ1n) is 2.99. The molecule has 1 heterocycles. The van der Waals surface area contributed by atoms with Gasteiger partial charge in [0, 0.05) is 19.8 Å². The summed E-state index contributed by atoms with van der Waals surface area (Å²) in [7, 11) is 0. The van der Waals surface area contributed by atoms with E-state index in [0.717, 1.165) is 0 Å². The second kappa shape index (κ2) is 2.97. The van der Waals surface area contributed by atoms with Crippen LogP contribution in [0.4, 0.5) is 0 Å². The van der Waals surface area contributed by atoms with E-state index in [4.69, 9.17) is 9.68 Å². The van der Waals surface area contributed by atoms with Crippen LogP contribution in [0.25, 0.3) is 0 Å². The van der Waals surface area contributed by atoms with Crippen LogP contribution in [0.2, 0.25) is 0 Å². The molecule has 0 spiro atoms. The molecular formula is C6H7N3O. The van der Waals surface area contributed by atoms with Gasteiger partial charge < -0.3 is 4.42 Å². The second-order valence-electron chi connectivity index (χ2n) is 1.87. The van der Waals surface area contributed by atoms with E-state index in [1.54, 1.807) is 6.92 Å². The molecule has 0 saturated heterocycles. The number of hydrogen-bond acceptors (Lipinski definition) is 4. The first-order valence-corrected chi connectivity index (χ1v) is 2.99. The number of rotatable bonds is 2. The van der Waals surface area contributed by atoms with E-state index < -0.39 is 0 Å². The van der Waals surface area contributed by atoms with Gasteiger partial charge >= 0.3 is 0 Å². The van der Waals surface area contributed by atoms with Crippen molar-refractivity contribution in [1.29, 1.82) is 5.26 Å². The molecule has 0 atom stereocenters. The Morgan fingerprint density at radius 3 is 2.90 bits per heavy atom. The summed E-state index contributed by atoms with van der Waals surface area (Å²) in [5, 5.41) is 15.5. The molecule has 0 aromatic carbocycles. The van der Waals surface area contributed by atoms with Crippen molar-refractivity contribution in [1.82, 2.24) is 10.2 Å². The molecule has 4 nitrogen and oxygen atoms in total. The van der Waals surface area contributed by atoms with Crippen LogP contribution in [0.5, 0.6) is 0 Å². The van der Waals surface area contributed by atoms with Gasteiger partial charge in [-0.25, -0.2) is 0 Å². The molecule has 0 N–H and O–H groups in total. The highest BCUT2D eigenvalue weighted by molar-refractivity contribution is 4.83. The summed E-state index contributed by atoms with van der Waals surface area (Å²) < 4.78 is 5.01. The standard InChI is InChI=1S/C6H7N3O/c1-5-8-9-6(10-5)3-2-4-7/h2-3H2,1H3. The molecule has 1 aromatic heterocycles. The minimum absolute atomic E-state index is 0.432. The van der Waals surface area contributed by atoms with Gasteiger partial charge in [-0.2, -0.15) is 5.26 Å². The lowest BCUT2D eigenvalue weighted by atomic mass is 10.3. The SMILES string of the molecule is Cc1nnc(CCC#N)o1. The molecule has 0 aliphatic rings. The van der Waals surface area contributed by atoms with Crippen molar-refractivity contribution in [2.75, 3.05) is 0 Å². The van der Waals surface area contributed by atoms with Crippen LogP contribution in [-0.4, -0.2) is 10.2 Å². The van der Waals surface area contributed by atoms with Gasteiger partial charge in [0.25, 0.3) is 0 Å². The highest BCUT2D eigenvalue weighted by Gasteiger charge is 1.99. The molecule has 10 heavy (non-hydrogen) atoms. The molecule has 0 fully saturated rings. The molecule has 4 heteroatoms. The Morgan fingerprint density at radius 2 is 2.40 bits per heavy atom. The maximum Gasteiger partial charge on any atom is 0.217 e. The minimum Gasteiger partial charge on any atom is -0.426 e. The third-order valence-corrected chi connectivity index (χ3v) is 1.02.